The standard InChI is InChI=1S/C21H35N5OS/c1-24-11-8-19(9-12-24)25(2)20(27)7-6-17-5-4-10-26(15-17)16-18-13-22-21(28-3)23-14-18/h13-14,17,19H,4-12,15-16H2,1-3H3. The van der Waals surface area contributed by atoms with Gasteiger partial charge in [0.25, 0.3) is 0 Å². The molecule has 1 aromatic rings. The molecule has 1 aromatic heterocycles. The van der Waals surface area contributed by atoms with Gasteiger partial charge in [0, 0.05) is 50.6 Å². The van der Waals surface area contributed by atoms with Crippen molar-refractivity contribution in [2.45, 2.75) is 56.3 Å². The van der Waals surface area contributed by atoms with Crippen LogP contribution in [0.3, 0.4) is 0 Å². The summed E-state index contributed by atoms with van der Waals surface area (Å²) in [6.07, 6.45) is 12.2. The van der Waals surface area contributed by atoms with Crippen molar-refractivity contribution in [3.63, 3.8) is 0 Å². The first-order valence-electron chi connectivity index (χ1n) is 10.6. The van der Waals surface area contributed by atoms with Gasteiger partial charge in [-0.2, -0.15) is 0 Å². The second-order valence-corrected chi connectivity index (χ2v) is 9.17. The van der Waals surface area contributed by atoms with E-state index < -0.39 is 0 Å². The van der Waals surface area contributed by atoms with Crippen molar-refractivity contribution in [2.75, 3.05) is 46.5 Å². The third kappa shape index (κ3) is 6.16. The van der Waals surface area contributed by atoms with E-state index in [0.717, 1.165) is 57.1 Å². The van der Waals surface area contributed by atoms with E-state index >= 15 is 0 Å². The number of piperidine rings is 2. The average Bonchev–Trinajstić information content (AvgIpc) is 2.73. The zero-order valence-electron chi connectivity index (χ0n) is 17.6. The third-order valence-corrected chi connectivity index (χ3v) is 6.85. The van der Waals surface area contributed by atoms with Crippen LogP contribution >= 0.6 is 11.8 Å². The van der Waals surface area contributed by atoms with Crippen LogP contribution in [0.2, 0.25) is 0 Å². The lowest BCUT2D eigenvalue weighted by atomic mass is 9.92. The Balaban J connectivity index is 1.42. The van der Waals surface area contributed by atoms with Crippen LogP contribution in [0, 0.1) is 5.92 Å². The highest BCUT2D eigenvalue weighted by Crippen LogP contribution is 2.24. The number of rotatable bonds is 7. The second kappa shape index (κ2) is 10.6. The summed E-state index contributed by atoms with van der Waals surface area (Å²) in [5.74, 6) is 0.947. The molecule has 0 saturated carbocycles. The lowest BCUT2D eigenvalue weighted by molar-refractivity contribution is -0.133. The summed E-state index contributed by atoms with van der Waals surface area (Å²) in [5, 5.41) is 0.826. The van der Waals surface area contributed by atoms with Gasteiger partial charge in [0.2, 0.25) is 5.91 Å². The summed E-state index contributed by atoms with van der Waals surface area (Å²) in [7, 11) is 4.17. The first-order valence-corrected chi connectivity index (χ1v) is 11.8. The Labute approximate surface area is 174 Å². The van der Waals surface area contributed by atoms with Crippen LogP contribution in [0.15, 0.2) is 17.6 Å². The molecule has 0 N–H and O–H groups in total. The normalized spacial score (nSPS) is 22.3. The fourth-order valence-electron chi connectivity index (χ4n) is 4.41. The molecule has 0 radical (unpaired) electrons. The molecule has 2 saturated heterocycles. The number of aromatic nitrogens is 2. The Morgan fingerprint density at radius 3 is 2.61 bits per heavy atom. The molecule has 0 aliphatic carbocycles. The van der Waals surface area contributed by atoms with Crippen molar-refractivity contribution in [1.82, 2.24) is 24.7 Å². The van der Waals surface area contributed by atoms with Crippen LogP contribution in [0.5, 0.6) is 0 Å². The molecule has 6 nitrogen and oxygen atoms in total. The second-order valence-electron chi connectivity index (χ2n) is 8.40. The van der Waals surface area contributed by atoms with Crippen molar-refractivity contribution in [1.29, 1.82) is 0 Å². The smallest absolute Gasteiger partial charge is 0.222 e. The van der Waals surface area contributed by atoms with Crippen LogP contribution in [-0.4, -0.2) is 83.1 Å². The van der Waals surface area contributed by atoms with Gasteiger partial charge in [-0.15, -0.1) is 0 Å². The molecule has 3 heterocycles. The van der Waals surface area contributed by atoms with E-state index in [1.807, 2.05) is 30.6 Å². The molecule has 0 aromatic carbocycles. The van der Waals surface area contributed by atoms with Gasteiger partial charge in [-0.1, -0.05) is 11.8 Å². The maximum Gasteiger partial charge on any atom is 0.222 e. The van der Waals surface area contributed by atoms with Gasteiger partial charge in [-0.3, -0.25) is 9.69 Å². The lowest BCUT2D eigenvalue weighted by Gasteiger charge is -2.36. The number of hydrogen-bond donors (Lipinski definition) is 0. The first-order chi connectivity index (χ1) is 13.5. The highest BCUT2D eigenvalue weighted by atomic mass is 32.2. The van der Waals surface area contributed by atoms with E-state index in [1.54, 1.807) is 11.8 Å². The molecule has 1 amide bonds. The van der Waals surface area contributed by atoms with Gasteiger partial charge in [0.05, 0.1) is 0 Å². The van der Waals surface area contributed by atoms with Gasteiger partial charge in [-0.05, 0) is 71.0 Å². The van der Waals surface area contributed by atoms with Crippen LogP contribution in [-0.2, 0) is 11.3 Å². The summed E-state index contributed by atoms with van der Waals surface area (Å²) in [4.78, 5) is 28.3. The minimum atomic E-state index is 0.327. The SMILES string of the molecule is CSc1ncc(CN2CCCC(CCC(=O)N(C)C3CCN(C)CC3)C2)cn1. The number of hydrogen-bond acceptors (Lipinski definition) is 6. The molecule has 28 heavy (non-hydrogen) atoms. The molecule has 2 aliphatic heterocycles. The number of amides is 1. The van der Waals surface area contributed by atoms with Crippen molar-refractivity contribution < 1.29 is 4.79 Å². The molecular formula is C21H35N5OS. The van der Waals surface area contributed by atoms with Crippen LogP contribution in [0.4, 0.5) is 0 Å². The summed E-state index contributed by atoms with van der Waals surface area (Å²) in [6.45, 7) is 5.32. The van der Waals surface area contributed by atoms with Gasteiger partial charge in [0.1, 0.15) is 0 Å². The molecular weight excluding hydrogens is 370 g/mol. The number of carbonyl (C=O) groups is 1. The van der Waals surface area contributed by atoms with E-state index in [-0.39, 0.29) is 0 Å². The summed E-state index contributed by atoms with van der Waals surface area (Å²) in [5.41, 5.74) is 1.18. The minimum absolute atomic E-state index is 0.327. The zero-order valence-corrected chi connectivity index (χ0v) is 18.5. The fourth-order valence-corrected chi connectivity index (χ4v) is 4.72. The Morgan fingerprint density at radius 2 is 1.93 bits per heavy atom. The number of nitrogens with zero attached hydrogens (tertiary/aromatic N) is 5. The van der Waals surface area contributed by atoms with E-state index in [4.69, 9.17) is 0 Å². The number of thioether (sulfide) groups is 1. The van der Waals surface area contributed by atoms with Gasteiger partial charge in [0.15, 0.2) is 5.16 Å². The quantitative estimate of drug-likeness (QED) is 0.514. The molecule has 0 bridgehead atoms. The monoisotopic (exact) mass is 405 g/mol. The largest absolute Gasteiger partial charge is 0.343 e. The van der Waals surface area contributed by atoms with Gasteiger partial charge in [-0.25, -0.2) is 9.97 Å². The first kappa shape index (κ1) is 21.5. The highest BCUT2D eigenvalue weighted by molar-refractivity contribution is 7.98. The molecule has 2 fully saturated rings. The van der Waals surface area contributed by atoms with Crippen molar-refractivity contribution in [3.8, 4) is 0 Å². The molecule has 0 spiro atoms. The van der Waals surface area contributed by atoms with Crippen molar-refractivity contribution in [3.05, 3.63) is 18.0 Å². The Kier molecular flexibility index (Phi) is 8.11. The number of likely N-dealkylation sites (tertiary alicyclic amines) is 2. The fraction of sp³-hybridized carbons (Fsp3) is 0.762. The van der Waals surface area contributed by atoms with Crippen molar-refractivity contribution in [2.24, 2.45) is 5.92 Å². The van der Waals surface area contributed by atoms with Gasteiger partial charge < -0.3 is 9.80 Å². The van der Waals surface area contributed by atoms with Crippen LogP contribution in [0.1, 0.15) is 44.1 Å². The highest BCUT2D eigenvalue weighted by Gasteiger charge is 2.25. The average molecular weight is 406 g/mol. The van der Waals surface area contributed by atoms with Crippen LogP contribution < -0.4 is 0 Å². The maximum absolute atomic E-state index is 12.7. The zero-order chi connectivity index (χ0) is 19.9. The summed E-state index contributed by atoms with van der Waals surface area (Å²) >= 11 is 1.57. The van der Waals surface area contributed by atoms with Crippen LogP contribution in [0.25, 0.3) is 0 Å². The predicted molar refractivity (Wildman–Crippen MR) is 114 cm³/mol. The van der Waals surface area contributed by atoms with E-state index in [1.165, 1.54) is 18.4 Å². The third-order valence-electron chi connectivity index (χ3n) is 6.27. The Bertz CT molecular complexity index is 618. The topological polar surface area (TPSA) is 52.6 Å². The molecule has 1 unspecified atom stereocenters. The lowest BCUT2D eigenvalue weighted by Crippen LogP contribution is -2.44. The molecule has 3 rings (SSSR count). The van der Waals surface area contributed by atoms with E-state index in [9.17, 15) is 4.79 Å². The van der Waals surface area contributed by atoms with E-state index in [2.05, 4.69) is 26.8 Å². The molecule has 7 heteroatoms. The molecule has 156 valence electrons. The summed E-state index contributed by atoms with van der Waals surface area (Å²) < 4.78 is 0. The Morgan fingerprint density at radius 1 is 1.21 bits per heavy atom. The predicted octanol–water partition coefficient (Wildman–Crippen LogP) is 2.74. The minimum Gasteiger partial charge on any atom is -0.343 e. The van der Waals surface area contributed by atoms with E-state index in [0.29, 0.717) is 24.3 Å². The molecule has 1 atom stereocenters. The van der Waals surface area contributed by atoms with Crippen molar-refractivity contribution >= 4 is 17.7 Å². The number of carbonyl (C=O) groups excluding carboxylic acids is 1. The maximum atomic E-state index is 12.7. The molecule has 2 aliphatic rings. The Hall–Kier alpha value is -1.18. The van der Waals surface area contributed by atoms with Gasteiger partial charge >= 0.3 is 0 Å². The summed E-state index contributed by atoms with van der Waals surface area (Å²) in [6, 6.07) is 0.427.